The minimum Gasteiger partial charge on any atom is -0.355 e. The van der Waals surface area contributed by atoms with E-state index in [4.69, 9.17) is 9.97 Å². The van der Waals surface area contributed by atoms with Crippen molar-refractivity contribution in [2.45, 2.75) is 111 Å². The Balaban J connectivity index is 0.874. The third kappa shape index (κ3) is 14.1. The number of rotatable bonds is 22. The van der Waals surface area contributed by atoms with Gasteiger partial charge < -0.3 is 52.5 Å². The van der Waals surface area contributed by atoms with E-state index in [0.717, 1.165) is 24.3 Å². The van der Waals surface area contributed by atoms with E-state index in [1.54, 1.807) is 84.2 Å². The van der Waals surface area contributed by atoms with Crippen LogP contribution >= 0.6 is 23.5 Å². The Kier molecular flexibility index (Phi) is 16.7. The molecule has 0 aliphatic carbocycles. The van der Waals surface area contributed by atoms with Gasteiger partial charge in [0.15, 0.2) is 0 Å². The smallest absolute Gasteiger partial charge is 0.315 e. The van der Waals surface area contributed by atoms with Crippen LogP contribution in [0.1, 0.15) is 85.3 Å². The second kappa shape index (κ2) is 23.4. The van der Waals surface area contributed by atoms with Crippen LogP contribution in [0.2, 0.25) is 0 Å². The fourth-order valence-corrected chi connectivity index (χ4v) is 14.4. The van der Waals surface area contributed by atoms with Gasteiger partial charge in [0.05, 0.1) is 46.9 Å². The highest BCUT2D eigenvalue weighted by atomic mass is 32.2. The Hall–Kier alpha value is -6.46. The number of carbonyl (C=O) groups is 6. The van der Waals surface area contributed by atoms with Gasteiger partial charge in [-0.3, -0.25) is 28.3 Å². The number of aromatic amines is 2. The zero-order chi connectivity index (χ0) is 53.7. The first-order valence-electron chi connectivity index (χ1n) is 24.8. The quantitative estimate of drug-likeness (QED) is 0.0268. The molecule has 6 aliphatic heterocycles. The van der Waals surface area contributed by atoms with Gasteiger partial charge in [0, 0.05) is 81.1 Å². The number of urea groups is 2. The van der Waals surface area contributed by atoms with Crippen LogP contribution in [0.4, 0.5) is 9.59 Å². The van der Waals surface area contributed by atoms with Gasteiger partial charge in [-0.15, -0.1) is 0 Å². The van der Waals surface area contributed by atoms with Crippen LogP contribution < -0.4 is 42.5 Å². The molecule has 6 aliphatic rings. The van der Waals surface area contributed by atoms with Gasteiger partial charge in [0.2, 0.25) is 23.6 Å². The van der Waals surface area contributed by atoms with Crippen molar-refractivity contribution in [2.75, 3.05) is 23.0 Å². The number of nitrogens with zero attached hydrogens (tertiary/aromatic N) is 2. The van der Waals surface area contributed by atoms with Crippen LogP contribution in [0.3, 0.4) is 0 Å². The summed E-state index contributed by atoms with van der Waals surface area (Å²) in [4.78, 5) is 93.2. The predicted molar refractivity (Wildman–Crippen MR) is 287 cm³/mol. The van der Waals surface area contributed by atoms with Crippen molar-refractivity contribution in [3.63, 3.8) is 0 Å². The molecule has 28 heteroatoms. The first kappa shape index (κ1) is 54.3. The Labute approximate surface area is 445 Å². The van der Waals surface area contributed by atoms with E-state index in [0.29, 0.717) is 81.7 Å². The normalized spacial score (nSPS) is 22.1. The van der Waals surface area contributed by atoms with Gasteiger partial charge in [0.1, 0.15) is 23.6 Å². The molecule has 0 spiro atoms. The van der Waals surface area contributed by atoms with Gasteiger partial charge in [-0.25, -0.2) is 19.6 Å². The summed E-state index contributed by atoms with van der Waals surface area (Å²) in [6, 6.07) is 7.17. The largest absolute Gasteiger partial charge is 0.355 e. The number of amides is 8. The number of thioether (sulfide) groups is 2. The zero-order valence-electron chi connectivity index (χ0n) is 40.8. The number of hydrogen-bond donors (Lipinski definition) is 12. The van der Waals surface area contributed by atoms with Crippen LogP contribution in [-0.4, -0.2) is 151 Å². The van der Waals surface area contributed by atoms with Crippen LogP contribution in [0, 0.1) is 0 Å². The molecule has 0 radical (unpaired) electrons. The number of fused-ring (bicyclic) bond motifs is 10. The third-order valence-electron chi connectivity index (χ3n) is 13.7. The molecule has 4 saturated heterocycles. The van der Waals surface area contributed by atoms with Gasteiger partial charge in [-0.05, 0) is 86.4 Å². The molecule has 24 nitrogen and oxygen atoms in total. The molecule has 0 saturated carbocycles. The molecule has 9 rings (SSSR count). The Bertz CT molecular complexity index is 3160. The summed E-state index contributed by atoms with van der Waals surface area (Å²) in [5.74, 6) is -3.35. The second-order valence-corrected chi connectivity index (χ2v) is 24.9. The molecular weight excluding hydrogens is 1060 g/mol. The van der Waals surface area contributed by atoms with Crippen molar-refractivity contribution in [3.8, 4) is 0 Å². The van der Waals surface area contributed by atoms with Crippen molar-refractivity contribution in [1.29, 1.82) is 0 Å². The Morgan fingerprint density at radius 1 is 0.605 bits per heavy atom. The van der Waals surface area contributed by atoms with Gasteiger partial charge >= 0.3 is 12.1 Å². The molecule has 3 aromatic heterocycles. The first-order valence-corrected chi connectivity index (χ1v) is 30.1. The predicted octanol–water partition coefficient (Wildman–Crippen LogP) is 2.08. The lowest BCUT2D eigenvalue weighted by Crippen LogP contribution is -2.50. The Morgan fingerprint density at radius 2 is 1.04 bits per heavy atom. The van der Waals surface area contributed by atoms with E-state index in [1.807, 2.05) is 0 Å². The highest BCUT2D eigenvalue weighted by Crippen LogP contribution is 2.34. The fraction of sp³-hybridized carbons (Fsp3) is 0.458. The highest BCUT2D eigenvalue weighted by Gasteiger charge is 2.43. The summed E-state index contributed by atoms with van der Waals surface area (Å²) in [7, 11) is -9.43. The fourth-order valence-electron chi connectivity index (χ4n) is 10.0. The average Bonchev–Trinajstić information content (AvgIpc) is 4.21. The monoisotopic (exact) mass is 1120 g/mol. The van der Waals surface area contributed by atoms with E-state index < -0.39 is 67.5 Å². The molecule has 9 heterocycles. The molecule has 406 valence electrons. The first-order chi connectivity index (χ1) is 36.3. The summed E-state index contributed by atoms with van der Waals surface area (Å²) < 4.78 is 67.8. The van der Waals surface area contributed by atoms with Crippen LogP contribution in [0.15, 0.2) is 36.4 Å². The Morgan fingerprint density at radius 3 is 1.47 bits per heavy atom. The molecule has 8 atom stereocenters. The number of H-pyrrole nitrogens is 2. The molecule has 76 heavy (non-hydrogen) atoms. The van der Waals surface area contributed by atoms with Crippen molar-refractivity contribution >= 4 is 126 Å². The van der Waals surface area contributed by atoms with E-state index >= 15 is 0 Å². The molecule has 0 aromatic carbocycles. The topological polar surface area (TPSA) is 365 Å². The van der Waals surface area contributed by atoms with Crippen molar-refractivity contribution < 1.29 is 54.7 Å². The summed E-state index contributed by atoms with van der Waals surface area (Å²) in [5, 5.41) is 22.5. The number of nitrogens with one attached hydrogen (secondary N) is 10. The van der Waals surface area contributed by atoms with Gasteiger partial charge in [-0.2, -0.15) is 40.4 Å². The number of carbonyl (C=O) groups excluding carboxylic acids is 6. The lowest BCUT2D eigenvalue weighted by atomic mass is 10.0. The highest BCUT2D eigenvalue weighted by molar-refractivity contribution is 8.00. The van der Waals surface area contributed by atoms with Gasteiger partial charge in [-0.1, -0.05) is 12.8 Å². The summed E-state index contributed by atoms with van der Waals surface area (Å²) in [6.45, 7) is -0.350. The summed E-state index contributed by atoms with van der Waals surface area (Å²) >= 11 is 3.50. The number of aromatic nitrogens is 4. The second-order valence-electron chi connectivity index (χ2n) is 19.3. The molecular formula is C48H58N12O12S4. The number of hydrogen-bond acceptors (Lipinski definition) is 14. The van der Waals surface area contributed by atoms with E-state index in [9.17, 15) is 54.7 Å². The minimum absolute atomic E-state index is 0.00356. The minimum atomic E-state index is -4.72. The average molecular weight is 1120 g/mol. The van der Waals surface area contributed by atoms with E-state index in [1.165, 1.54) is 0 Å². The lowest BCUT2D eigenvalue weighted by Gasteiger charge is -2.18. The molecule has 8 bridgehead atoms. The molecule has 8 amide bonds. The van der Waals surface area contributed by atoms with Gasteiger partial charge in [0.25, 0.3) is 20.2 Å². The van der Waals surface area contributed by atoms with Crippen LogP contribution in [-0.2, 0) is 52.5 Å². The van der Waals surface area contributed by atoms with Crippen LogP contribution in [0.5, 0.6) is 0 Å². The van der Waals surface area contributed by atoms with Crippen LogP contribution in [0.25, 0.3) is 46.4 Å². The van der Waals surface area contributed by atoms with Crippen molar-refractivity contribution in [2.24, 2.45) is 0 Å². The molecule has 3 aromatic rings. The lowest BCUT2D eigenvalue weighted by molar-refractivity contribution is -0.128. The molecule has 12 N–H and O–H groups in total. The third-order valence-corrected chi connectivity index (χ3v) is 18.2. The SMILES string of the molecule is O=C(CCCC[C@@H]1SC[C@@H]2NC(=O)N[C@@H]21)N[C@@H](CS(=O)(=O)O)C(=O)NCc1c2nc(cc3ccc([nH]3)c(CNC(=O)[C@H](CS(=O)(=O)O)NC(=O)CCCC[C@@H]3SC[C@@H]4NC(=O)N[C@@H]43)c3ccc(cc4nc1C=C4)[nH]3)C=C2. The maximum Gasteiger partial charge on any atom is 0.315 e. The van der Waals surface area contributed by atoms with E-state index in [2.05, 4.69) is 52.5 Å². The summed E-state index contributed by atoms with van der Waals surface area (Å²) in [6.07, 6.45) is 10.7. The summed E-state index contributed by atoms with van der Waals surface area (Å²) in [5.41, 5.74) is 5.16. The number of unbranched alkanes of at least 4 members (excludes halogenated alkanes) is 2. The maximum atomic E-state index is 13.7. The van der Waals surface area contributed by atoms with Crippen molar-refractivity contribution in [1.82, 2.24) is 62.5 Å². The molecule has 4 fully saturated rings. The standard InChI is InChI=1S/C48H58N12O12S4/c61-41(7-3-1-5-39-43-35(21-73-39)57-47(65)59-43)55-37(23-75(67,68)69)45(63)49-19-29-31-13-9-25(51-31)17-27-11-15-33(53-27)30(34-16-12-28(54-34)18-26-10-14-32(29)52-26)20-50-46(64)38(24-76(70,71)72)56-42(62)8-4-2-6-40-44-36(22-74-40)58-48(66)60-44/h9-18,35-40,43-44,51-52H,1-8,19-24H2,(H,49,63)(H,50,64)(H,55,61)(H,56,62)(H2,57,59,65)(H2,58,60,66)(H,67,68,69)(H,70,71,72)/t35-,36-,37-,38-,39-,40-,43-,44-/m0/s1. The maximum absolute atomic E-state index is 13.7. The zero-order valence-corrected chi connectivity index (χ0v) is 44.1. The van der Waals surface area contributed by atoms with Crippen molar-refractivity contribution in [3.05, 3.63) is 70.3 Å². The van der Waals surface area contributed by atoms with E-state index in [-0.39, 0.29) is 72.7 Å². The molecule has 0 unspecified atom stereocenters.